The first-order valence-corrected chi connectivity index (χ1v) is 12.4. The lowest BCUT2D eigenvalue weighted by atomic mass is 9.96. The minimum absolute atomic E-state index is 0.245. The number of rotatable bonds is 4. The Hall–Kier alpha value is -3.36. The van der Waals surface area contributed by atoms with Gasteiger partial charge in [-0.15, -0.1) is 0 Å². The van der Waals surface area contributed by atoms with Crippen LogP contribution < -0.4 is 24.4 Å². The van der Waals surface area contributed by atoms with Gasteiger partial charge >= 0.3 is 5.97 Å². The number of carbonyl (C=O) groups excluding carboxylic acids is 1. The first-order valence-electron chi connectivity index (χ1n) is 11.2. The summed E-state index contributed by atoms with van der Waals surface area (Å²) < 4.78 is 18.8. The SMILES string of the molecule is CC1=C(C(=O)OC(C)C)C(c2ccc(Cl)cc2)n2c(sc(=Cc3ccc4c(c3)OCCO4)c2=O)=N1. The zero-order chi connectivity index (χ0) is 24.7. The zero-order valence-electron chi connectivity index (χ0n) is 19.4. The van der Waals surface area contributed by atoms with Gasteiger partial charge in [0.05, 0.1) is 27.9 Å². The molecular weight excluding hydrogens is 488 g/mol. The van der Waals surface area contributed by atoms with Crippen molar-refractivity contribution in [3.8, 4) is 11.5 Å². The predicted molar refractivity (Wildman–Crippen MR) is 134 cm³/mol. The normalized spacial score (nSPS) is 17.3. The molecule has 0 saturated heterocycles. The Morgan fingerprint density at radius 3 is 2.60 bits per heavy atom. The van der Waals surface area contributed by atoms with E-state index in [1.807, 2.05) is 30.3 Å². The second kappa shape index (κ2) is 9.36. The summed E-state index contributed by atoms with van der Waals surface area (Å²) in [7, 11) is 0. The molecule has 1 atom stereocenters. The second-order valence-electron chi connectivity index (χ2n) is 8.49. The molecule has 1 unspecified atom stereocenters. The molecule has 0 saturated carbocycles. The van der Waals surface area contributed by atoms with Gasteiger partial charge in [0.25, 0.3) is 5.56 Å². The fourth-order valence-electron chi connectivity index (χ4n) is 4.12. The number of allylic oxidation sites excluding steroid dienone is 1. The van der Waals surface area contributed by atoms with Crippen molar-refractivity contribution in [1.29, 1.82) is 0 Å². The number of hydrogen-bond acceptors (Lipinski definition) is 7. The predicted octanol–water partition coefficient (Wildman–Crippen LogP) is 3.61. The lowest BCUT2D eigenvalue weighted by Gasteiger charge is -2.25. The highest BCUT2D eigenvalue weighted by molar-refractivity contribution is 7.07. The fraction of sp³-hybridized carbons (Fsp3) is 0.269. The van der Waals surface area contributed by atoms with Crippen LogP contribution in [-0.2, 0) is 9.53 Å². The number of esters is 1. The first-order chi connectivity index (χ1) is 16.8. The van der Waals surface area contributed by atoms with Gasteiger partial charge in [-0.05, 0) is 62.2 Å². The van der Waals surface area contributed by atoms with Crippen LogP contribution in [0.25, 0.3) is 6.08 Å². The Labute approximate surface area is 210 Å². The summed E-state index contributed by atoms with van der Waals surface area (Å²) in [6.07, 6.45) is 1.49. The number of aromatic nitrogens is 1. The van der Waals surface area contributed by atoms with E-state index in [1.165, 1.54) is 11.3 Å². The van der Waals surface area contributed by atoms with Crippen LogP contribution in [0.5, 0.6) is 11.5 Å². The number of ether oxygens (including phenoxy) is 3. The van der Waals surface area contributed by atoms with Crippen molar-refractivity contribution >= 4 is 35.0 Å². The van der Waals surface area contributed by atoms with Crippen molar-refractivity contribution in [3.05, 3.63) is 89.6 Å². The van der Waals surface area contributed by atoms with E-state index in [4.69, 9.17) is 25.8 Å². The smallest absolute Gasteiger partial charge is 0.338 e. The molecule has 7 nitrogen and oxygen atoms in total. The average Bonchev–Trinajstić information content (AvgIpc) is 3.12. The summed E-state index contributed by atoms with van der Waals surface area (Å²) in [6.45, 7) is 6.32. The molecule has 1 aromatic heterocycles. The van der Waals surface area contributed by atoms with Crippen molar-refractivity contribution in [3.63, 3.8) is 0 Å². The van der Waals surface area contributed by atoms with Gasteiger partial charge in [-0.3, -0.25) is 9.36 Å². The molecule has 35 heavy (non-hydrogen) atoms. The molecule has 0 N–H and O–H groups in total. The van der Waals surface area contributed by atoms with Crippen molar-refractivity contribution in [1.82, 2.24) is 4.57 Å². The summed E-state index contributed by atoms with van der Waals surface area (Å²) in [5.74, 6) is 0.829. The molecule has 2 aliphatic rings. The molecule has 0 bridgehead atoms. The number of benzene rings is 2. The minimum atomic E-state index is -0.683. The minimum Gasteiger partial charge on any atom is -0.486 e. The van der Waals surface area contributed by atoms with E-state index in [-0.39, 0.29) is 11.7 Å². The zero-order valence-corrected chi connectivity index (χ0v) is 21.0. The summed E-state index contributed by atoms with van der Waals surface area (Å²) in [6, 6.07) is 12.0. The van der Waals surface area contributed by atoms with Crippen molar-refractivity contribution in [2.24, 2.45) is 4.99 Å². The lowest BCUT2D eigenvalue weighted by Crippen LogP contribution is -2.40. The van der Waals surface area contributed by atoms with Gasteiger partial charge in [0.15, 0.2) is 16.3 Å². The van der Waals surface area contributed by atoms with Crippen molar-refractivity contribution in [2.45, 2.75) is 32.9 Å². The monoisotopic (exact) mass is 510 g/mol. The molecule has 9 heteroatoms. The Morgan fingerprint density at radius 1 is 1.17 bits per heavy atom. The standard InChI is InChI=1S/C26H23ClN2O5S/c1-14(2)34-25(31)22-15(3)28-26-29(23(22)17-5-7-18(27)8-6-17)24(30)21(35-26)13-16-4-9-19-20(12-16)33-11-10-32-19/h4-9,12-14,23H,10-11H2,1-3H3. The lowest BCUT2D eigenvalue weighted by molar-refractivity contribution is -0.143. The number of fused-ring (bicyclic) bond motifs is 2. The van der Waals surface area contributed by atoms with E-state index >= 15 is 0 Å². The summed E-state index contributed by atoms with van der Waals surface area (Å²) in [5, 5.41) is 0.562. The molecule has 2 aromatic carbocycles. The molecule has 5 rings (SSSR count). The molecule has 3 heterocycles. The molecule has 0 radical (unpaired) electrons. The largest absolute Gasteiger partial charge is 0.486 e. The van der Waals surface area contributed by atoms with Gasteiger partial charge in [0.1, 0.15) is 13.2 Å². The van der Waals surface area contributed by atoms with Crippen LogP contribution in [0.4, 0.5) is 0 Å². The average molecular weight is 511 g/mol. The Bertz CT molecular complexity index is 1520. The maximum absolute atomic E-state index is 13.7. The highest BCUT2D eigenvalue weighted by atomic mass is 35.5. The van der Waals surface area contributed by atoms with Crippen LogP contribution in [0.1, 0.15) is 37.9 Å². The Morgan fingerprint density at radius 2 is 1.89 bits per heavy atom. The van der Waals surface area contributed by atoms with Crippen LogP contribution in [0.15, 0.2) is 63.5 Å². The highest BCUT2D eigenvalue weighted by Crippen LogP contribution is 2.32. The van der Waals surface area contributed by atoms with E-state index in [0.29, 0.717) is 50.3 Å². The number of carbonyl (C=O) groups is 1. The number of hydrogen-bond donors (Lipinski definition) is 0. The number of thiazole rings is 1. The molecule has 0 amide bonds. The Balaban J connectivity index is 1.67. The van der Waals surface area contributed by atoms with Gasteiger partial charge in [-0.2, -0.15) is 0 Å². The summed E-state index contributed by atoms with van der Waals surface area (Å²) in [4.78, 5) is 31.9. The molecule has 2 aliphatic heterocycles. The van der Waals surface area contributed by atoms with Crippen LogP contribution in [-0.4, -0.2) is 29.9 Å². The third-order valence-electron chi connectivity index (χ3n) is 5.63. The maximum atomic E-state index is 13.7. The summed E-state index contributed by atoms with van der Waals surface area (Å²) in [5.41, 5.74) is 2.15. The molecular formula is C26H23ClN2O5S. The number of halogens is 1. The van der Waals surface area contributed by atoms with Crippen LogP contribution in [0.3, 0.4) is 0 Å². The van der Waals surface area contributed by atoms with E-state index in [9.17, 15) is 9.59 Å². The maximum Gasteiger partial charge on any atom is 0.338 e. The molecule has 0 spiro atoms. The first kappa shape index (κ1) is 23.4. The highest BCUT2D eigenvalue weighted by Gasteiger charge is 2.33. The third kappa shape index (κ3) is 4.51. The molecule has 0 aliphatic carbocycles. The fourth-order valence-corrected chi connectivity index (χ4v) is 5.29. The van der Waals surface area contributed by atoms with E-state index in [2.05, 4.69) is 4.99 Å². The number of nitrogens with zero attached hydrogens (tertiary/aromatic N) is 2. The van der Waals surface area contributed by atoms with E-state index in [1.54, 1.807) is 43.5 Å². The third-order valence-corrected chi connectivity index (χ3v) is 6.87. The summed E-state index contributed by atoms with van der Waals surface area (Å²) >= 11 is 7.38. The molecule has 180 valence electrons. The van der Waals surface area contributed by atoms with E-state index < -0.39 is 12.0 Å². The van der Waals surface area contributed by atoms with Crippen LogP contribution in [0.2, 0.25) is 5.02 Å². The van der Waals surface area contributed by atoms with Gasteiger partial charge < -0.3 is 14.2 Å². The topological polar surface area (TPSA) is 79.1 Å². The van der Waals surface area contributed by atoms with Gasteiger partial charge in [0, 0.05) is 5.02 Å². The van der Waals surface area contributed by atoms with Gasteiger partial charge in [0.2, 0.25) is 0 Å². The van der Waals surface area contributed by atoms with Gasteiger partial charge in [-0.25, -0.2) is 9.79 Å². The Kier molecular flexibility index (Phi) is 6.25. The van der Waals surface area contributed by atoms with E-state index in [0.717, 1.165) is 11.1 Å². The molecule has 3 aromatic rings. The van der Waals surface area contributed by atoms with Crippen molar-refractivity contribution in [2.75, 3.05) is 13.2 Å². The molecule has 0 fully saturated rings. The second-order valence-corrected chi connectivity index (χ2v) is 9.94. The van der Waals surface area contributed by atoms with Gasteiger partial charge in [-0.1, -0.05) is 41.1 Å². The van der Waals surface area contributed by atoms with Crippen LogP contribution in [0, 0.1) is 0 Å². The van der Waals surface area contributed by atoms with Crippen molar-refractivity contribution < 1.29 is 19.0 Å². The van der Waals surface area contributed by atoms with Crippen LogP contribution >= 0.6 is 22.9 Å². The quantitative estimate of drug-likeness (QED) is 0.501.